The smallest absolute Gasteiger partial charge is 0.333 e. The Balaban J connectivity index is 1.97. The maximum absolute atomic E-state index is 12.0. The molecule has 1 aromatic heterocycles. The molecule has 0 aromatic carbocycles. The van der Waals surface area contributed by atoms with E-state index in [4.69, 9.17) is 4.84 Å². The minimum Gasteiger partial charge on any atom is -0.395 e. The quantitative estimate of drug-likeness (QED) is 0.304. The third-order valence-corrected chi connectivity index (χ3v) is 4.00. The van der Waals surface area contributed by atoms with Crippen LogP contribution in [0.25, 0.3) is 5.70 Å². The monoisotopic (exact) mass is 292 g/mol. The molecule has 0 spiro atoms. The molecular formula is C11H8N4O6. The van der Waals surface area contributed by atoms with Crippen molar-refractivity contribution in [3.05, 3.63) is 50.1 Å². The van der Waals surface area contributed by atoms with Crippen molar-refractivity contribution in [3.63, 3.8) is 0 Å². The summed E-state index contributed by atoms with van der Waals surface area (Å²) in [4.78, 5) is 15.9. The molecule has 2 aliphatic carbocycles. The zero-order valence-corrected chi connectivity index (χ0v) is 10.4. The minimum absolute atomic E-state index is 0.0120. The van der Waals surface area contributed by atoms with Gasteiger partial charge in [-0.25, -0.2) is 0 Å². The number of aromatic nitrogens is 2. The lowest BCUT2D eigenvalue weighted by Gasteiger charge is -2.32. The molecule has 0 saturated heterocycles. The van der Waals surface area contributed by atoms with Gasteiger partial charge in [0.05, 0.1) is 22.3 Å². The molecule has 0 amide bonds. The predicted octanol–water partition coefficient (Wildman–Crippen LogP) is -0.136. The third-order valence-electron chi connectivity index (χ3n) is 4.00. The predicted molar refractivity (Wildman–Crippen MR) is 63.9 cm³/mol. The molecule has 1 aromatic rings. The highest BCUT2D eigenvalue weighted by Crippen LogP contribution is 2.43. The molecule has 0 radical (unpaired) electrons. The summed E-state index contributed by atoms with van der Waals surface area (Å²) < 4.78 is 4.50. The largest absolute Gasteiger partial charge is 0.395 e. The highest BCUT2D eigenvalue weighted by atomic mass is 16.9. The average molecular weight is 292 g/mol. The van der Waals surface area contributed by atoms with Gasteiger partial charge in [-0.15, -0.1) is 0 Å². The number of allylic oxidation sites excluding steroid dienone is 2. The van der Waals surface area contributed by atoms with Gasteiger partial charge in [0, 0.05) is 10.8 Å². The first-order chi connectivity index (χ1) is 10.1. The van der Waals surface area contributed by atoms with Gasteiger partial charge in [-0.1, -0.05) is 12.2 Å². The van der Waals surface area contributed by atoms with E-state index in [1.54, 1.807) is 6.08 Å². The Bertz CT molecular complexity index is 748. The van der Waals surface area contributed by atoms with Crippen molar-refractivity contribution < 1.29 is 24.2 Å². The van der Waals surface area contributed by atoms with Gasteiger partial charge < -0.3 is 10.0 Å². The second kappa shape index (κ2) is 3.81. The van der Waals surface area contributed by atoms with Crippen LogP contribution in [-0.4, -0.2) is 26.8 Å². The SMILES string of the molecule is O=[N+]([O-])C1=CC2=[N+]([O-])O[C@@H]3C=CC[C@@H]3[C@H]2c2c1no[n+]2[O-]. The van der Waals surface area contributed by atoms with Crippen molar-refractivity contribution in [3.8, 4) is 0 Å². The fraction of sp³-hybridized carbons (Fsp3) is 0.364. The van der Waals surface area contributed by atoms with Gasteiger partial charge in [0.25, 0.3) is 5.71 Å². The lowest BCUT2D eigenvalue weighted by Crippen LogP contribution is -2.46. The van der Waals surface area contributed by atoms with E-state index in [0.717, 1.165) is 6.08 Å². The van der Waals surface area contributed by atoms with Gasteiger partial charge >= 0.3 is 11.4 Å². The number of fused-ring (bicyclic) bond motifs is 5. The Hall–Kier alpha value is -2.91. The van der Waals surface area contributed by atoms with Crippen molar-refractivity contribution in [2.45, 2.75) is 18.4 Å². The van der Waals surface area contributed by atoms with Crippen LogP contribution in [0.3, 0.4) is 0 Å². The Kier molecular flexibility index (Phi) is 2.15. The zero-order valence-electron chi connectivity index (χ0n) is 10.4. The highest BCUT2D eigenvalue weighted by Gasteiger charge is 2.54. The summed E-state index contributed by atoms with van der Waals surface area (Å²) in [5.74, 6) is -0.827. The Morgan fingerprint density at radius 3 is 3.00 bits per heavy atom. The first-order valence-electron chi connectivity index (χ1n) is 6.21. The van der Waals surface area contributed by atoms with Gasteiger partial charge in [-0.3, -0.25) is 20.0 Å². The molecule has 0 bridgehead atoms. The van der Waals surface area contributed by atoms with E-state index in [1.807, 2.05) is 6.08 Å². The van der Waals surface area contributed by atoms with Crippen LogP contribution in [0.15, 0.2) is 22.9 Å². The van der Waals surface area contributed by atoms with Crippen molar-refractivity contribution in [2.24, 2.45) is 5.92 Å². The van der Waals surface area contributed by atoms with Crippen molar-refractivity contribution in [2.75, 3.05) is 0 Å². The second-order valence-electron chi connectivity index (χ2n) is 5.01. The maximum Gasteiger partial charge on any atom is 0.333 e. The van der Waals surface area contributed by atoms with Crippen LogP contribution in [0, 0.1) is 26.4 Å². The normalized spacial score (nSPS) is 29.3. The van der Waals surface area contributed by atoms with Gasteiger partial charge in [0.1, 0.15) is 5.92 Å². The van der Waals surface area contributed by atoms with E-state index >= 15 is 0 Å². The van der Waals surface area contributed by atoms with Gasteiger partial charge in [-0.2, -0.15) is 0 Å². The van der Waals surface area contributed by atoms with Gasteiger partial charge in [0.15, 0.2) is 0 Å². The standard InChI is InChI=1S/C11H8N4O6/c16-13(17)7-4-6-9(11-10(7)12-21-15(11)19)5-2-1-3-8(5)20-14(6)18/h1,3-5,8-9H,2H2/t5-,8+,9+/m0/s1. The topological polar surface area (TPSA) is 131 Å². The van der Waals surface area contributed by atoms with E-state index in [1.165, 1.54) is 0 Å². The molecule has 3 atom stereocenters. The van der Waals surface area contributed by atoms with Crippen LogP contribution in [0.5, 0.6) is 0 Å². The Labute approximate surface area is 116 Å². The fourth-order valence-corrected chi connectivity index (χ4v) is 3.12. The van der Waals surface area contributed by atoms with E-state index in [-0.39, 0.29) is 32.8 Å². The number of hydrogen-bond donors (Lipinski definition) is 0. The minimum atomic E-state index is -0.711. The lowest BCUT2D eigenvalue weighted by molar-refractivity contribution is -0.810. The molecule has 1 aliphatic heterocycles. The lowest BCUT2D eigenvalue weighted by atomic mass is 9.78. The molecule has 0 N–H and O–H groups in total. The van der Waals surface area contributed by atoms with Crippen LogP contribution in [-0.2, 0) is 4.84 Å². The van der Waals surface area contributed by atoms with E-state index in [9.17, 15) is 20.5 Å². The van der Waals surface area contributed by atoms with E-state index in [0.29, 0.717) is 6.42 Å². The van der Waals surface area contributed by atoms with Crippen molar-refractivity contribution in [1.82, 2.24) is 5.16 Å². The van der Waals surface area contributed by atoms with Crippen LogP contribution in [0.1, 0.15) is 23.7 Å². The summed E-state index contributed by atoms with van der Waals surface area (Å²) in [6, 6.07) is 0. The van der Waals surface area contributed by atoms with Crippen molar-refractivity contribution >= 4 is 11.4 Å². The summed E-state index contributed by atoms with van der Waals surface area (Å²) >= 11 is 0. The third kappa shape index (κ3) is 1.43. The average Bonchev–Trinajstić information content (AvgIpc) is 3.05. The molecule has 2 heterocycles. The zero-order chi connectivity index (χ0) is 14.7. The molecular weight excluding hydrogens is 284 g/mol. The molecule has 10 nitrogen and oxygen atoms in total. The Morgan fingerprint density at radius 1 is 1.43 bits per heavy atom. The molecule has 21 heavy (non-hydrogen) atoms. The molecule has 3 aliphatic rings. The molecule has 0 unspecified atom stereocenters. The fourth-order valence-electron chi connectivity index (χ4n) is 3.12. The summed E-state index contributed by atoms with van der Waals surface area (Å²) in [5.41, 5.74) is -0.581. The highest BCUT2D eigenvalue weighted by molar-refractivity contribution is 6.03. The Morgan fingerprint density at radius 2 is 2.24 bits per heavy atom. The van der Waals surface area contributed by atoms with Crippen LogP contribution < -0.4 is 4.90 Å². The van der Waals surface area contributed by atoms with Gasteiger partial charge in [-0.05, 0) is 11.3 Å². The first-order valence-corrected chi connectivity index (χ1v) is 6.21. The summed E-state index contributed by atoms with van der Waals surface area (Å²) in [5, 5.41) is 38.4. The summed E-state index contributed by atoms with van der Waals surface area (Å²) in [6.07, 6.45) is 4.81. The van der Waals surface area contributed by atoms with Crippen LogP contribution in [0.4, 0.5) is 0 Å². The molecule has 108 valence electrons. The van der Waals surface area contributed by atoms with E-state index in [2.05, 4.69) is 9.79 Å². The number of hydrogen-bond acceptors (Lipinski definition) is 7. The number of nitro groups is 1. The molecule has 0 saturated carbocycles. The number of nitrogens with zero attached hydrogens (tertiary/aromatic N) is 4. The van der Waals surface area contributed by atoms with Gasteiger partial charge in [0.2, 0.25) is 5.69 Å². The molecule has 10 heteroatoms. The van der Waals surface area contributed by atoms with Crippen LogP contribution in [0.2, 0.25) is 0 Å². The first kappa shape index (κ1) is 11.9. The van der Waals surface area contributed by atoms with E-state index < -0.39 is 22.6 Å². The van der Waals surface area contributed by atoms with Crippen LogP contribution >= 0.6 is 0 Å². The summed E-state index contributed by atoms with van der Waals surface area (Å²) in [7, 11) is 0. The van der Waals surface area contributed by atoms with Crippen molar-refractivity contribution in [1.29, 1.82) is 0 Å². The maximum atomic E-state index is 12.0. The second-order valence-corrected chi connectivity index (χ2v) is 5.01. The molecule has 0 fully saturated rings. The molecule has 4 rings (SSSR count). The number of rotatable bonds is 1. The summed E-state index contributed by atoms with van der Waals surface area (Å²) in [6.45, 7) is 0.